The Kier molecular flexibility index (Phi) is 26.9. The first-order valence-corrected chi connectivity index (χ1v) is 30.7. The Hall–Kier alpha value is -6.95. The number of hydrogen-bond donors (Lipinski definition) is 10. The molecular weight excluding hydrogens is 1170 g/mol. The summed E-state index contributed by atoms with van der Waals surface area (Å²) in [7, 11) is 8.25. The Morgan fingerprint density at radius 1 is 0.844 bits per heavy atom. The number of hydrogen-bond acceptors (Lipinski definition) is 18. The lowest BCUT2D eigenvalue weighted by Gasteiger charge is -2.42. The van der Waals surface area contributed by atoms with Gasteiger partial charge in [0.1, 0.15) is 42.7 Å². The van der Waals surface area contributed by atoms with Gasteiger partial charge in [0, 0.05) is 71.0 Å². The molecule has 27 heteroatoms. The molecule has 90 heavy (non-hydrogen) atoms. The summed E-state index contributed by atoms with van der Waals surface area (Å²) < 4.78 is 23.3. The topological polar surface area (TPSA) is 376 Å². The van der Waals surface area contributed by atoms with E-state index in [0.717, 1.165) is 12.2 Å². The maximum absolute atomic E-state index is 15.0. The van der Waals surface area contributed by atoms with Crippen molar-refractivity contribution in [1.29, 1.82) is 0 Å². The maximum atomic E-state index is 15.0. The minimum absolute atomic E-state index is 0.0304. The van der Waals surface area contributed by atoms with Crippen molar-refractivity contribution in [2.24, 2.45) is 29.4 Å². The molecule has 0 saturated carbocycles. The summed E-state index contributed by atoms with van der Waals surface area (Å²) in [6, 6.07) is 8.53. The monoisotopic (exact) mass is 1270 g/mol. The molecule has 27 nitrogen and oxygen atoms in total. The predicted octanol–water partition coefficient (Wildman–Crippen LogP) is 0.555. The quantitative estimate of drug-likeness (QED) is 0.0353. The van der Waals surface area contributed by atoms with Gasteiger partial charge in [-0.3, -0.25) is 43.3 Å². The predicted molar refractivity (Wildman–Crippen MR) is 328 cm³/mol. The van der Waals surface area contributed by atoms with Crippen LogP contribution < -0.4 is 31.7 Å². The van der Waals surface area contributed by atoms with E-state index in [2.05, 4.69) is 21.3 Å². The molecule has 3 aliphatic heterocycles. The van der Waals surface area contributed by atoms with Crippen LogP contribution in [0.4, 0.5) is 5.69 Å². The molecule has 5 rings (SSSR count). The lowest BCUT2D eigenvalue weighted by molar-refractivity contribution is -0.922. The third kappa shape index (κ3) is 18.0. The van der Waals surface area contributed by atoms with Crippen LogP contribution >= 0.6 is 0 Å². The zero-order valence-electron chi connectivity index (χ0n) is 53.9. The van der Waals surface area contributed by atoms with Crippen LogP contribution in [0.5, 0.6) is 5.75 Å². The highest BCUT2D eigenvalue weighted by molar-refractivity contribution is 6.15. The summed E-state index contributed by atoms with van der Waals surface area (Å²) in [5.41, 5.74) is 6.85. The number of benzene rings is 2. The van der Waals surface area contributed by atoms with Gasteiger partial charge in [0.25, 0.3) is 17.7 Å². The van der Waals surface area contributed by atoms with Crippen LogP contribution in [0.25, 0.3) is 0 Å². The lowest BCUT2D eigenvalue weighted by atomic mass is 9.89. The first-order chi connectivity index (χ1) is 42.3. The SMILES string of the molecule is CC[C@H](C)[C@@H]([C@H](CC(=O)N1CCC[C@H]1[C@H](OC)[C@@H](C)C(=O)N[C@H](C)[C@H](O)c1ccccc1)OC)N(C)C(=O)[C@@H](NC(=O)[C@H](C(C)C)[N+](C)(C)Cc1ccc(O[C@@H]2O[C@H](C(=O)O)[C@@H](O)[C@@H](O)[C@@H]2O)c(NC(=O)CCNC(=O)[C@H](CN)N2C(=O)C=CC2=O)c1)C(C)C. The molecular formula is C63H96N9O18+. The second-order valence-corrected chi connectivity index (χ2v) is 25.0. The lowest BCUT2D eigenvalue weighted by Crippen LogP contribution is -2.63. The summed E-state index contributed by atoms with van der Waals surface area (Å²) in [4.78, 5) is 125. The number of anilines is 1. The molecule has 3 aliphatic rings. The second-order valence-electron chi connectivity index (χ2n) is 25.0. The number of aliphatic hydroxyl groups is 4. The number of rotatable bonds is 32. The molecule has 2 fully saturated rings. The molecule has 2 aromatic rings. The van der Waals surface area contributed by atoms with E-state index in [1.807, 2.05) is 59.7 Å². The van der Waals surface area contributed by atoms with Gasteiger partial charge in [0.15, 0.2) is 12.1 Å². The number of carbonyl (C=O) groups is 9. The van der Waals surface area contributed by atoms with Gasteiger partial charge in [0.2, 0.25) is 35.8 Å². The fourth-order valence-corrected chi connectivity index (χ4v) is 12.5. The molecule has 0 aliphatic carbocycles. The van der Waals surface area contributed by atoms with E-state index >= 15 is 4.79 Å². The van der Waals surface area contributed by atoms with E-state index in [4.69, 9.17) is 24.7 Å². The Labute approximate surface area is 526 Å². The van der Waals surface area contributed by atoms with Gasteiger partial charge in [-0.1, -0.05) is 85.2 Å². The number of aliphatic carboxylic acids is 1. The van der Waals surface area contributed by atoms with Crippen molar-refractivity contribution in [3.05, 3.63) is 71.8 Å². The number of aliphatic hydroxyl groups excluding tert-OH is 4. The van der Waals surface area contributed by atoms with Crippen LogP contribution in [0, 0.1) is 23.7 Å². The molecule has 500 valence electrons. The van der Waals surface area contributed by atoms with E-state index in [1.54, 1.807) is 63.0 Å². The average Bonchev–Trinajstić information content (AvgIpc) is 1.04. The molecule has 8 amide bonds. The van der Waals surface area contributed by atoms with Crippen LogP contribution in [0.1, 0.15) is 105 Å². The normalized spacial score (nSPS) is 22.8. The number of quaternary nitrogens is 1. The molecule has 3 heterocycles. The van der Waals surface area contributed by atoms with E-state index in [1.165, 1.54) is 26.4 Å². The van der Waals surface area contributed by atoms with Crippen molar-refractivity contribution in [2.75, 3.05) is 60.3 Å². The molecule has 16 atom stereocenters. The van der Waals surface area contributed by atoms with E-state index in [0.29, 0.717) is 41.8 Å². The van der Waals surface area contributed by atoms with Gasteiger partial charge in [0.05, 0.1) is 68.6 Å². The van der Waals surface area contributed by atoms with Gasteiger partial charge in [-0.25, -0.2) is 4.79 Å². The number of methoxy groups -OCH3 is 2. The standard InChI is InChI=1S/C63H95N9O18/c1-14-35(6)50(44(87-12)30-48(76)70-28-18-21-41(70)56(88-13)36(7)58(81)66-37(8)52(77)39-19-16-15-17-20-39)69(9)61(84)49(33(2)3)68-60(83)51(34(4)5)72(10,11)32-38-22-23-43(89-63-55(80)53(78)54(79)57(90-63)62(85)86)40(29-38)67-45(73)26-27-65-59(82)42(31-64)71-46(74)24-25-47(71)75/h15-17,19-20,22-25,29,33-37,41-42,44,49-57,63,77-80H,14,18,21,26-28,30-32,64H2,1-13H3,(H4-,65,66,67,68,73,81,82,83,85,86)/p+1/t35-,36+,37+,41-,42-,44-,49-,50-,51-,52-,53+,54-,55-,56+,57-,63+/m0/s1. The number of nitrogens with two attached hydrogens (primary N) is 1. The van der Waals surface area contributed by atoms with E-state index in [-0.39, 0.29) is 65.5 Å². The van der Waals surface area contributed by atoms with E-state index in [9.17, 15) is 63.9 Å². The number of nitrogens with zero attached hydrogens (tertiary/aromatic N) is 4. The number of likely N-dealkylation sites (tertiary alicyclic amines) is 1. The van der Waals surface area contributed by atoms with Crippen LogP contribution in [-0.2, 0) is 63.9 Å². The second kappa shape index (κ2) is 32.9. The molecule has 0 unspecified atom stereocenters. The number of carboxylic acids is 1. The minimum Gasteiger partial charge on any atom is -0.479 e. The zero-order valence-corrected chi connectivity index (χ0v) is 53.9. The van der Waals surface area contributed by atoms with Crippen molar-refractivity contribution in [2.45, 2.75) is 179 Å². The summed E-state index contributed by atoms with van der Waals surface area (Å²) in [6.07, 6.45) is -8.99. The summed E-state index contributed by atoms with van der Waals surface area (Å²) in [6.45, 7) is 14.5. The Bertz CT molecular complexity index is 2840. The third-order valence-electron chi connectivity index (χ3n) is 17.4. The van der Waals surface area contributed by atoms with Crippen molar-refractivity contribution in [1.82, 2.24) is 30.7 Å². The smallest absolute Gasteiger partial charge is 0.335 e. The number of imide groups is 1. The molecule has 0 spiro atoms. The van der Waals surface area contributed by atoms with Gasteiger partial charge < -0.3 is 85.8 Å². The Balaban J connectivity index is 1.34. The molecule has 0 aromatic heterocycles. The summed E-state index contributed by atoms with van der Waals surface area (Å²) >= 11 is 0. The average molecular weight is 1270 g/mol. The van der Waals surface area contributed by atoms with Gasteiger partial charge in [-0.15, -0.1) is 0 Å². The minimum atomic E-state index is -2.03. The number of likely N-dealkylation sites (N-methyl/N-ethyl adjacent to an activating group) is 2. The molecule has 2 aromatic carbocycles. The van der Waals surface area contributed by atoms with Gasteiger partial charge in [-0.05, 0) is 55.4 Å². The van der Waals surface area contributed by atoms with Crippen molar-refractivity contribution in [3.63, 3.8) is 0 Å². The first kappa shape index (κ1) is 73.8. The van der Waals surface area contributed by atoms with Crippen LogP contribution in [0.2, 0.25) is 0 Å². The number of nitrogens with one attached hydrogen (secondary N) is 4. The zero-order chi connectivity index (χ0) is 67.2. The van der Waals surface area contributed by atoms with Crippen LogP contribution in [0.15, 0.2) is 60.7 Å². The number of ether oxygens (including phenoxy) is 4. The Morgan fingerprint density at radius 2 is 1.49 bits per heavy atom. The number of amides is 8. The van der Waals surface area contributed by atoms with Crippen molar-refractivity contribution >= 4 is 58.9 Å². The van der Waals surface area contributed by atoms with Crippen LogP contribution in [0.3, 0.4) is 0 Å². The summed E-state index contributed by atoms with van der Waals surface area (Å²) in [5, 5.41) is 63.6. The summed E-state index contributed by atoms with van der Waals surface area (Å²) in [5.74, 6) is -7.94. The maximum Gasteiger partial charge on any atom is 0.335 e. The Morgan fingerprint density at radius 3 is 2.06 bits per heavy atom. The first-order valence-electron chi connectivity index (χ1n) is 30.7. The van der Waals surface area contributed by atoms with Crippen molar-refractivity contribution < 1.29 is 92.1 Å². The highest BCUT2D eigenvalue weighted by Gasteiger charge is 2.49. The fourth-order valence-electron chi connectivity index (χ4n) is 12.5. The molecule has 11 N–H and O–H groups in total. The highest BCUT2D eigenvalue weighted by atomic mass is 16.7. The molecule has 2 saturated heterocycles. The van der Waals surface area contributed by atoms with Gasteiger partial charge >= 0.3 is 5.97 Å². The van der Waals surface area contributed by atoms with E-state index < -0.39 is 145 Å². The molecule has 0 bridgehead atoms. The fraction of sp³-hybridized carbons (Fsp3) is 0.635. The highest BCUT2D eigenvalue weighted by Crippen LogP contribution is 2.34. The van der Waals surface area contributed by atoms with Crippen LogP contribution in [-0.4, -0.2) is 232 Å². The van der Waals surface area contributed by atoms with Gasteiger partial charge in [-0.2, -0.15) is 0 Å². The largest absolute Gasteiger partial charge is 0.479 e. The third-order valence-corrected chi connectivity index (χ3v) is 17.4. The molecule has 0 radical (unpaired) electrons. The number of carbonyl (C=O) groups excluding carboxylic acids is 8. The number of carboxylic acid groups (broad SMARTS) is 1. The van der Waals surface area contributed by atoms with Crippen molar-refractivity contribution in [3.8, 4) is 5.75 Å².